The molecule has 3 aromatic rings. The highest BCUT2D eigenvalue weighted by Gasteiger charge is 2.31. The quantitative estimate of drug-likeness (QED) is 0.735. The van der Waals surface area contributed by atoms with Gasteiger partial charge in [-0.05, 0) is 30.7 Å². The first-order valence-electron chi connectivity index (χ1n) is 8.29. The van der Waals surface area contributed by atoms with Gasteiger partial charge in [0.05, 0.1) is 18.4 Å². The second-order valence-corrected chi connectivity index (χ2v) is 6.25. The van der Waals surface area contributed by atoms with Crippen molar-refractivity contribution in [3.8, 4) is 5.75 Å². The van der Waals surface area contributed by atoms with Crippen LogP contribution < -0.4 is 15.0 Å². The number of rotatable bonds is 4. The van der Waals surface area contributed by atoms with Crippen molar-refractivity contribution in [2.75, 3.05) is 10.2 Å². The third-order valence-corrected chi connectivity index (χ3v) is 4.08. The van der Waals surface area contributed by atoms with Crippen molar-refractivity contribution in [1.82, 2.24) is 24.5 Å². The van der Waals surface area contributed by atoms with E-state index in [0.29, 0.717) is 29.6 Å². The van der Waals surface area contributed by atoms with Crippen LogP contribution in [0.25, 0.3) is 6.20 Å². The molecule has 8 nitrogen and oxygen atoms in total. The molecule has 0 aliphatic carbocycles. The lowest BCUT2D eigenvalue weighted by Gasteiger charge is -2.20. The predicted molar refractivity (Wildman–Crippen MR) is 95.9 cm³/mol. The van der Waals surface area contributed by atoms with Gasteiger partial charge in [0.2, 0.25) is 5.95 Å². The van der Waals surface area contributed by atoms with Crippen LogP contribution in [0.15, 0.2) is 36.8 Å². The van der Waals surface area contributed by atoms with Gasteiger partial charge in [0.25, 0.3) is 0 Å². The fraction of sp³-hybridized carbons (Fsp3) is 0.235. The Morgan fingerprint density at radius 1 is 1.21 bits per heavy atom. The summed E-state index contributed by atoms with van der Waals surface area (Å²) in [5, 5.41) is 11.5. The van der Waals surface area contributed by atoms with Gasteiger partial charge in [-0.15, -0.1) is 18.3 Å². The molecular formula is C17H16F3N7O. The molecule has 0 radical (unpaired) electrons. The maximum atomic E-state index is 12.4. The van der Waals surface area contributed by atoms with E-state index >= 15 is 0 Å². The summed E-state index contributed by atoms with van der Waals surface area (Å²) in [7, 11) is 1.84. The molecule has 0 atom stereocenters. The molecule has 1 aliphatic heterocycles. The monoisotopic (exact) mass is 391 g/mol. The Balaban J connectivity index is 1.48. The van der Waals surface area contributed by atoms with Gasteiger partial charge in [-0.25, -0.2) is 4.68 Å². The van der Waals surface area contributed by atoms with E-state index < -0.39 is 6.36 Å². The van der Waals surface area contributed by atoms with Gasteiger partial charge >= 0.3 is 6.36 Å². The van der Waals surface area contributed by atoms with Crippen LogP contribution in [0, 0.1) is 6.92 Å². The average molecular weight is 391 g/mol. The maximum Gasteiger partial charge on any atom is 0.573 e. The molecule has 3 heterocycles. The molecule has 0 amide bonds. The number of hydrogen-bond donors (Lipinski definition) is 1. The highest BCUT2D eigenvalue weighted by molar-refractivity contribution is 5.58. The topological polar surface area (TPSA) is 73.0 Å². The summed E-state index contributed by atoms with van der Waals surface area (Å²) in [5.41, 5.74) is 1.83. The van der Waals surface area contributed by atoms with Crippen molar-refractivity contribution < 1.29 is 17.9 Å². The summed E-state index contributed by atoms with van der Waals surface area (Å²) in [6.45, 7) is 2.04. The van der Waals surface area contributed by atoms with Gasteiger partial charge in [0.15, 0.2) is 5.82 Å². The van der Waals surface area contributed by atoms with Crippen LogP contribution in [0.4, 0.5) is 30.5 Å². The normalized spacial score (nSPS) is 13.5. The van der Waals surface area contributed by atoms with Crippen molar-refractivity contribution in [1.29, 1.82) is 0 Å². The minimum absolute atomic E-state index is 0.245. The number of aryl methyl sites for hydroxylation is 2. The smallest absolute Gasteiger partial charge is 0.406 e. The van der Waals surface area contributed by atoms with Crippen molar-refractivity contribution in [2.45, 2.75) is 19.8 Å². The van der Waals surface area contributed by atoms with E-state index in [1.807, 2.05) is 24.3 Å². The number of benzene rings is 1. The molecule has 4 rings (SSSR count). The molecule has 1 aromatic carbocycles. The van der Waals surface area contributed by atoms with Crippen LogP contribution >= 0.6 is 0 Å². The molecule has 1 N–H and O–H groups in total. The van der Waals surface area contributed by atoms with Gasteiger partial charge in [-0.1, -0.05) is 0 Å². The van der Waals surface area contributed by atoms with Crippen LogP contribution in [0.2, 0.25) is 0 Å². The second kappa shape index (κ2) is 6.59. The summed E-state index contributed by atoms with van der Waals surface area (Å²) in [4.78, 5) is 6.43. The van der Waals surface area contributed by atoms with E-state index in [1.54, 1.807) is 27.8 Å². The molecule has 11 heteroatoms. The Morgan fingerprint density at radius 3 is 2.71 bits per heavy atom. The summed E-state index contributed by atoms with van der Waals surface area (Å²) in [5.74, 6) is 0.810. The van der Waals surface area contributed by atoms with Gasteiger partial charge in [0.1, 0.15) is 5.75 Å². The van der Waals surface area contributed by atoms with Crippen LogP contribution in [0.1, 0.15) is 11.4 Å². The van der Waals surface area contributed by atoms with Crippen LogP contribution in [-0.2, 0) is 13.6 Å². The molecule has 0 unspecified atom stereocenters. The third-order valence-electron chi connectivity index (χ3n) is 4.08. The zero-order valence-electron chi connectivity index (χ0n) is 15.0. The van der Waals surface area contributed by atoms with E-state index in [2.05, 4.69) is 25.2 Å². The largest absolute Gasteiger partial charge is 0.573 e. The van der Waals surface area contributed by atoms with Crippen molar-refractivity contribution in [3.63, 3.8) is 0 Å². The molecule has 2 aromatic heterocycles. The number of fused-ring (bicyclic) bond motifs is 1. The second-order valence-electron chi connectivity index (χ2n) is 6.25. The SMILES string of the molecule is Cc1cc(Nc2nc3n(n2)C=CN(c2cnn(C)c2)C3)ccc1OC(F)(F)F. The summed E-state index contributed by atoms with van der Waals surface area (Å²) in [6, 6.07) is 4.27. The van der Waals surface area contributed by atoms with Crippen molar-refractivity contribution in [3.05, 3.63) is 48.2 Å². The van der Waals surface area contributed by atoms with E-state index in [0.717, 1.165) is 5.69 Å². The van der Waals surface area contributed by atoms with Crippen molar-refractivity contribution in [2.24, 2.45) is 7.05 Å². The molecule has 0 spiro atoms. The molecule has 0 saturated carbocycles. The van der Waals surface area contributed by atoms with Gasteiger partial charge in [-0.3, -0.25) is 4.68 Å². The maximum absolute atomic E-state index is 12.4. The molecule has 1 aliphatic rings. The number of nitrogens with one attached hydrogen (secondary N) is 1. The van der Waals surface area contributed by atoms with Crippen LogP contribution in [0.3, 0.4) is 0 Å². The minimum Gasteiger partial charge on any atom is -0.406 e. The fourth-order valence-corrected chi connectivity index (χ4v) is 2.81. The zero-order valence-corrected chi connectivity index (χ0v) is 15.0. The number of halogens is 3. The lowest BCUT2D eigenvalue weighted by Crippen LogP contribution is -2.21. The minimum atomic E-state index is -4.73. The third kappa shape index (κ3) is 3.77. The Kier molecular flexibility index (Phi) is 4.21. The predicted octanol–water partition coefficient (Wildman–Crippen LogP) is 3.41. The lowest BCUT2D eigenvalue weighted by atomic mass is 10.2. The van der Waals surface area contributed by atoms with Crippen LogP contribution in [-0.4, -0.2) is 30.9 Å². The average Bonchev–Trinajstić information content (AvgIpc) is 3.21. The Labute approximate surface area is 157 Å². The van der Waals surface area contributed by atoms with Crippen molar-refractivity contribution >= 4 is 23.5 Å². The molecule has 146 valence electrons. The van der Waals surface area contributed by atoms with E-state index in [9.17, 15) is 13.2 Å². The van der Waals surface area contributed by atoms with Gasteiger partial charge in [-0.2, -0.15) is 10.1 Å². The number of aromatic nitrogens is 5. The number of ether oxygens (including phenoxy) is 1. The Bertz CT molecular complexity index is 1040. The number of alkyl halides is 3. The van der Waals surface area contributed by atoms with Gasteiger partial charge in [0, 0.05) is 31.3 Å². The summed E-state index contributed by atoms with van der Waals surface area (Å²) in [6.07, 6.45) is 2.56. The standard InChI is InChI=1S/C17H16F3N7O/c1-11-7-12(3-4-14(11)28-17(18,19)20)22-16-23-15-10-26(5-6-27(15)24-16)13-8-21-25(2)9-13/h3-9H,10H2,1-2H3,(H,22,24). The zero-order chi connectivity index (χ0) is 19.9. The molecule has 28 heavy (non-hydrogen) atoms. The first-order chi connectivity index (χ1) is 13.3. The molecule has 0 fully saturated rings. The highest BCUT2D eigenvalue weighted by atomic mass is 19.4. The summed E-state index contributed by atoms with van der Waals surface area (Å²) < 4.78 is 44.5. The first kappa shape index (κ1) is 17.9. The highest BCUT2D eigenvalue weighted by Crippen LogP contribution is 2.29. The first-order valence-corrected chi connectivity index (χ1v) is 8.29. The van der Waals surface area contributed by atoms with E-state index in [4.69, 9.17) is 0 Å². The number of hydrogen-bond acceptors (Lipinski definition) is 6. The molecule has 0 bridgehead atoms. The lowest BCUT2D eigenvalue weighted by molar-refractivity contribution is -0.274. The van der Waals surface area contributed by atoms with E-state index in [-0.39, 0.29) is 5.75 Å². The molecule has 0 saturated heterocycles. The Hall–Kier alpha value is -3.50. The summed E-state index contributed by atoms with van der Waals surface area (Å²) >= 11 is 0. The fourth-order valence-electron chi connectivity index (χ4n) is 2.81. The molecular weight excluding hydrogens is 375 g/mol. The number of anilines is 3. The van der Waals surface area contributed by atoms with Gasteiger partial charge < -0.3 is 15.0 Å². The number of nitrogens with zero attached hydrogens (tertiary/aromatic N) is 6. The Morgan fingerprint density at radius 2 is 2.04 bits per heavy atom. The van der Waals surface area contributed by atoms with E-state index in [1.165, 1.54) is 19.1 Å². The van der Waals surface area contributed by atoms with Crippen LogP contribution in [0.5, 0.6) is 5.75 Å².